The van der Waals surface area contributed by atoms with Crippen molar-refractivity contribution >= 4 is 17.4 Å². The molecular weight excluding hydrogens is 196 g/mol. The summed E-state index contributed by atoms with van der Waals surface area (Å²) in [7, 11) is 0. The Labute approximate surface area is 89.1 Å². The molecule has 0 heterocycles. The van der Waals surface area contributed by atoms with Crippen LogP contribution >= 0.6 is 11.6 Å². The minimum atomic E-state index is -0.364. The van der Waals surface area contributed by atoms with Crippen molar-refractivity contribution < 1.29 is 4.79 Å². The average Bonchev–Trinajstić information content (AvgIpc) is 2.92. The maximum Gasteiger partial charge on any atom is 0.144 e. The third kappa shape index (κ3) is 1.27. The molecule has 0 amide bonds. The van der Waals surface area contributed by atoms with E-state index in [9.17, 15) is 4.79 Å². The summed E-state index contributed by atoms with van der Waals surface area (Å²) in [6.45, 7) is 1.90. The van der Waals surface area contributed by atoms with E-state index in [1.807, 2.05) is 37.3 Å². The van der Waals surface area contributed by atoms with Gasteiger partial charge in [0.05, 0.1) is 10.8 Å². The molecule has 1 aromatic rings. The van der Waals surface area contributed by atoms with Crippen molar-refractivity contribution in [3.63, 3.8) is 0 Å². The summed E-state index contributed by atoms with van der Waals surface area (Å²) < 4.78 is 0. The Morgan fingerprint density at radius 3 is 2.50 bits per heavy atom. The highest BCUT2D eigenvalue weighted by atomic mass is 35.5. The highest BCUT2D eigenvalue weighted by molar-refractivity contribution is 6.27. The largest absolute Gasteiger partial charge is 0.299 e. The van der Waals surface area contributed by atoms with Crippen molar-refractivity contribution in [1.29, 1.82) is 0 Å². The van der Waals surface area contributed by atoms with Crippen LogP contribution in [-0.4, -0.2) is 11.2 Å². The van der Waals surface area contributed by atoms with Gasteiger partial charge in [-0.1, -0.05) is 37.3 Å². The summed E-state index contributed by atoms with van der Waals surface area (Å²) in [6.07, 6.45) is 1.36. The molecule has 0 saturated heterocycles. The molecule has 1 saturated carbocycles. The van der Waals surface area contributed by atoms with Gasteiger partial charge in [0.2, 0.25) is 0 Å². The molecule has 1 nitrogen and oxygen atoms in total. The van der Waals surface area contributed by atoms with Crippen LogP contribution in [0.25, 0.3) is 0 Å². The average molecular weight is 209 g/mol. The number of ketones is 1. The van der Waals surface area contributed by atoms with Gasteiger partial charge in [0.25, 0.3) is 0 Å². The predicted molar refractivity (Wildman–Crippen MR) is 57.7 cm³/mol. The number of carbonyl (C=O) groups is 1. The number of Topliss-reactive ketones (excluding diaryl/α,β-unsaturated/α-hetero) is 1. The Morgan fingerprint density at radius 2 is 2.07 bits per heavy atom. The van der Waals surface area contributed by atoms with E-state index >= 15 is 0 Å². The fourth-order valence-corrected chi connectivity index (χ4v) is 2.51. The van der Waals surface area contributed by atoms with E-state index < -0.39 is 0 Å². The number of hydrogen-bond acceptors (Lipinski definition) is 1. The third-order valence-corrected chi connectivity index (χ3v) is 3.51. The zero-order chi connectivity index (χ0) is 10.2. The first-order valence-corrected chi connectivity index (χ1v) is 5.38. The van der Waals surface area contributed by atoms with Gasteiger partial charge in [0.15, 0.2) is 0 Å². The van der Waals surface area contributed by atoms with Crippen LogP contribution in [0.5, 0.6) is 0 Å². The summed E-state index contributed by atoms with van der Waals surface area (Å²) in [5, 5.41) is -0.00245. The van der Waals surface area contributed by atoms with Gasteiger partial charge in [0.1, 0.15) is 5.78 Å². The lowest BCUT2D eigenvalue weighted by molar-refractivity contribution is -0.121. The van der Waals surface area contributed by atoms with Crippen molar-refractivity contribution in [2.75, 3.05) is 0 Å². The minimum Gasteiger partial charge on any atom is -0.299 e. The monoisotopic (exact) mass is 208 g/mol. The molecular formula is C12H13ClO. The van der Waals surface area contributed by atoms with E-state index in [0.29, 0.717) is 6.42 Å². The first kappa shape index (κ1) is 9.72. The first-order valence-electron chi connectivity index (χ1n) is 4.94. The molecule has 14 heavy (non-hydrogen) atoms. The highest BCUT2D eigenvalue weighted by Gasteiger charge is 2.59. The van der Waals surface area contributed by atoms with Crippen LogP contribution in [0.2, 0.25) is 0 Å². The van der Waals surface area contributed by atoms with Gasteiger partial charge in [-0.25, -0.2) is 0 Å². The molecule has 1 aromatic carbocycles. The van der Waals surface area contributed by atoms with Gasteiger partial charge in [-0.3, -0.25) is 4.79 Å². The number of hydrogen-bond donors (Lipinski definition) is 0. The molecule has 2 atom stereocenters. The molecule has 1 aliphatic rings. The molecule has 0 radical (unpaired) electrons. The van der Waals surface area contributed by atoms with E-state index in [-0.39, 0.29) is 16.6 Å². The van der Waals surface area contributed by atoms with E-state index in [1.165, 1.54) is 0 Å². The normalized spacial score (nSPS) is 30.0. The van der Waals surface area contributed by atoms with Crippen molar-refractivity contribution in [2.45, 2.75) is 30.6 Å². The van der Waals surface area contributed by atoms with Gasteiger partial charge >= 0.3 is 0 Å². The van der Waals surface area contributed by atoms with Crippen LogP contribution < -0.4 is 0 Å². The van der Waals surface area contributed by atoms with Crippen molar-refractivity contribution in [3.8, 4) is 0 Å². The second kappa shape index (κ2) is 3.39. The predicted octanol–water partition coefficient (Wildman–Crippen LogP) is 2.91. The molecule has 0 aromatic heterocycles. The van der Waals surface area contributed by atoms with Crippen molar-refractivity contribution in [2.24, 2.45) is 0 Å². The number of benzene rings is 1. The fourth-order valence-electron chi connectivity index (χ4n) is 2.02. The van der Waals surface area contributed by atoms with Crippen molar-refractivity contribution in [1.82, 2.24) is 0 Å². The quantitative estimate of drug-likeness (QED) is 0.699. The van der Waals surface area contributed by atoms with Crippen LogP contribution in [0.15, 0.2) is 30.3 Å². The summed E-state index contributed by atoms with van der Waals surface area (Å²) >= 11 is 6.10. The molecule has 1 aliphatic carbocycles. The molecule has 0 spiro atoms. The topological polar surface area (TPSA) is 17.1 Å². The van der Waals surface area contributed by atoms with Gasteiger partial charge in [-0.05, 0) is 12.0 Å². The highest BCUT2D eigenvalue weighted by Crippen LogP contribution is 2.53. The summed E-state index contributed by atoms with van der Waals surface area (Å²) in [4.78, 5) is 11.8. The van der Waals surface area contributed by atoms with E-state index in [1.54, 1.807) is 0 Å². The van der Waals surface area contributed by atoms with E-state index in [2.05, 4.69) is 0 Å². The Hall–Kier alpha value is -0.820. The SMILES string of the molecule is CCC(=O)C1(c2ccccc2)CC1Cl. The zero-order valence-electron chi connectivity index (χ0n) is 8.16. The molecule has 74 valence electrons. The first-order chi connectivity index (χ1) is 6.71. The van der Waals surface area contributed by atoms with Crippen LogP contribution in [0.4, 0.5) is 0 Å². The lowest BCUT2D eigenvalue weighted by Crippen LogP contribution is -2.22. The molecule has 2 rings (SSSR count). The fraction of sp³-hybridized carbons (Fsp3) is 0.417. The van der Waals surface area contributed by atoms with Crippen LogP contribution in [0, 0.1) is 0 Å². The lowest BCUT2D eigenvalue weighted by atomic mass is 9.90. The lowest BCUT2D eigenvalue weighted by Gasteiger charge is -2.13. The van der Waals surface area contributed by atoms with Crippen LogP contribution in [0.1, 0.15) is 25.3 Å². The van der Waals surface area contributed by atoms with E-state index in [4.69, 9.17) is 11.6 Å². The maximum absolute atomic E-state index is 11.8. The molecule has 0 aliphatic heterocycles. The van der Waals surface area contributed by atoms with Gasteiger partial charge in [-0.2, -0.15) is 0 Å². The van der Waals surface area contributed by atoms with Gasteiger partial charge < -0.3 is 0 Å². The second-order valence-electron chi connectivity index (χ2n) is 3.79. The molecule has 0 N–H and O–H groups in total. The van der Waals surface area contributed by atoms with Gasteiger partial charge in [-0.15, -0.1) is 11.6 Å². The minimum absolute atomic E-state index is 0.00245. The smallest absolute Gasteiger partial charge is 0.144 e. The number of rotatable bonds is 3. The van der Waals surface area contributed by atoms with Crippen LogP contribution in [0.3, 0.4) is 0 Å². The second-order valence-corrected chi connectivity index (χ2v) is 4.31. The Balaban J connectivity index is 2.36. The number of carbonyl (C=O) groups excluding carboxylic acids is 1. The summed E-state index contributed by atoms with van der Waals surface area (Å²) in [5.74, 6) is 0.267. The molecule has 0 bridgehead atoms. The summed E-state index contributed by atoms with van der Waals surface area (Å²) in [5.41, 5.74) is 0.712. The number of alkyl halides is 1. The zero-order valence-corrected chi connectivity index (χ0v) is 8.92. The van der Waals surface area contributed by atoms with Crippen LogP contribution in [-0.2, 0) is 10.2 Å². The Bertz CT molecular complexity index is 347. The molecule has 2 unspecified atom stereocenters. The Morgan fingerprint density at radius 1 is 1.50 bits per heavy atom. The molecule has 2 heteroatoms. The third-order valence-electron chi connectivity index (χ3n) is 2.98. The number of halogens is 1. The van der Waals surface area contributed by atoms with E-state index in [0.717, 1.165) is 12.0 Å². The maximum atomic E-state index is 11.8. The standard InChI is InChI=1S/C12H13ClO/c1-2-11(14)12(8-10(12)13)9-6-4-3-5-7-9/h3-7,10H,2,8H2,1H3. The Kier molecular flexibility index (Phi) is 2.36. The summed E-state index contributed by atoms with van der Waals surface area (Å²) in [6, 6.07) is 9.87. The van der Waals surface area contributed by atoms with Crippen molar-refractivity contribution in [3.05, 3.63) is 35.9 Å². The molecule has 1 fully saturated rings. The van der Waals surface area contributed by atoms with Gasteiger partial charge in [0, 0.05) is 6.42 Å².